The van der Waals surface area contributed by atoms with Gasteiger partial charge in [-0.25, -0.2) is 0 Å². The fourth-order valence-corrected chi connectivity index (χ4v) is 4.20. The van der Waals surface area contributed by atoms with Crippen LogP contribution in [-0.4, -0.2) is 170 Å². The first-order valence-corrected chi connectivity index (χ1v) is 11.5. The smallest absolute Gasteiger partial charge is 0.187 e. The van der Waals surface area contributed by atoms with Crippen LogP contribution in [0.3, 0.4) is 0 Å². The molecule has 0 unspecified atom stereocenters. The number of hydrogen-bond donors (Lipinski definition) is 10. The van der Waals surface area contributed by atoms with Gasteiger partial charge >= 0.3 is 0 Å². The Kier molecular flexibility index (Phi) is 11.0. The summed E-state index contributed by atoms with van der Waals surface area (Å²) in [6.45, 7) is -2.34. The van der Waals surface area contributed by atoms with Gasteiger partial charge in [-0.1, -0.05) is 5.92 Å². The van der Waals surface area contributed by atoms with E-state index in [2.05, 4.69) is 5.92 Å². The third-order valence-corrected chi connectivity index (χ3v) is 6.39. The van der Waals surface area contributed by atoms with Crippen molar-refractivity contribution in [1.29, 1.82) is 0 Å². The number of ether oxygens (including phenoxy) is 6. The molecule has 0 radical (unpaired) electrons. The highest BCUT2D eigenvalue weighted by Gasteiger charge is 2.52. The molecule has 3 heterocycles. The van der Waals surface area contributed by atoms with Gasteiger partial charge in [-0.3, -0.25) is 0 Å². The van der Waals surface area contributed by atoms with Crippen molar-refractivity contribution in [3.8, 4) is 12.3 Å². The molecule has 3 aliphatic heterocycles. The van der Waals surface area contributed by atoms with Crippen LogP contribution >= 0.6 is 0 Å². The van der Waals surface area contributed by atoms with Gasteiger partial charge in [-0.05, 0) is 0 Å². The second-order valence-corrected chi connectivity index (χ2v) is 8.87. The second-order valence-electron chi connectivity index (χ2n) is 8.87. The molecule has 0 spiro atoms. The molecule has 3 aliphatic rings. The number of rotatable bonds is 9. The van der Waals surface area contributed by atoms with Crippen molar-refractivity contribution in [3.05, 3.63) is 0 Å². The molecule has 0 aromatic heterocycles. The topological polar surface area (TPSA) is 258 Å². The average molecular weight is 542 g/mol. The highest BCUT2D eigenvalue weighted by atomic mass is 16.7. The Labute approximate surface area is 211 Å². The maximum absolute atomic E-state index is 10.9. The van der Waals surface area contributed by atoms with E-state index in [1.54, 1.807) is 0 Å². The van der Waals surface area contributed by atoms with E-state index < -0.39 is 112 Å². The van der Waals surface area contributed by atoms with Crippen LogP contribution in [-0.2, 0) is 28.4 Å². The van der Waals surface area contributed by atoms with E-state index in [1.807, 2.05) is 0 Å². The second kappa shape index (κ2) is 13.3. The van der Waals surface area contributed by atoms with Crippen molar-refractivity contribution in [2.45, 2.75) is 92.1 Å². The van der Waals surface area contributed by atoms with Crippen molar-refractivity contribution >= 4 is 0 Å². The van der Waals surface area contributed by atoms with Crippen molar-refractivity contribution in [2.75, 3.05) is 26.4 Å². The molecular weight excluding hydrogens is 508 g/mol. The number of aliphatic hydroxyl groups is 10. The first kappa shape index (κ1) is 30.5. The first-order chi connectivity index (χ1) is 17.5. The van der Waals surface area contributed by atoms with Gasteiger partial charge in [-0.15, -0.1) is 6.42 Å². The third kappa shape index (κ3) is 6.57. The molecule has 3 fully saturated rings. The minimum atomic E-state index is -1.84. The largest absolute Gasteiger partial charge is 0.394 e. The Bertz CT molecular complexity index is 747. The number of aliphatic hydroxyl groups excluding tert-OH is 10. The van der Waals surface area contributed by atoms with Gasteiger partial charge in [0.2, 0.25) is 0 Å². The minimum absolute atomic E-state index is 0.328. The molecule has 0 saturated carbocycles. The summed E-state index contributed by atoms with van der Waals surface area (Å²) in [5.74, 6) is 2.17. The van der Waals surface area contributed by atoms with E-state index >= 15 is 0 Å². The summed E-state index contributed by atoms with van der Waals surface area (Å²) in [6, 6.07) is 0. The Morgan fingerprint density at radius 1 is 0.568 bits per heavy atom. The first-order valence-electron chi connectivity index (χ1n) is 11.5. The van der Waals surface area contributed by atoms with Crippen LogP contribution in [0.5, 0.6) is 0 Å². The van der Waals surface area contributed by atoms with Crippen molar-refractivity contribution in [1.82, 2.24) is 0 Å². The fourth-order valence-electron chi connectivity index (χ4n) is 4.20. The van der Waals surface area contributed by atoms with Crippen molar-refractivity contribution < 1.29 is 79.5 Å². The molecule has 0 aliphatic carbocycles. The van der Waals surface area contributed by atoms with Gasteiger partial charge in [0, 0.05) is 0 Å². The number of hydrogen-bond acceptors (Lipinski definition) is 16. The molecule has 3 rings (SSSR count). The Balaban J connectivity index is 1.73. The zero-order valence-corrected chi connectivity index (χ0v) is 19.5. The summed E-state index contributed by atoms with van der Waals surface area (Å²) < 4.78 is 32.2. The predicted molar refractivity (Wildman–Crippen MR) is 114 cm³/mol. The van der Waals surface area contributed by atoms with Crippen LogP contribution in [0, 0.1) is 12.3 Å². The normalized spacial score (nSPS) is 48.9. The van der Waals surface area contributed by atoms with E-state index in [-0.39, 0.29) is 6.61 Å². The van der Waals surface area contributed by atoms with E-state index in [9.17, 15) is 51.1 Å². The summed E-state index contributed by atoms with van der Waals surface area (Å²) in [6.07, 6.45) is -19.0. The Morgan fingerprint density at radius 3 is 1.59 bits per heavy atom. The predicted octanol–water partition coefficient (Wildman–Crippen LogP) is -6.92. The van der Waals surface area contributed by atoms with Crippen LogP contribution in [0.1, 0.15) is 0 Å². The standard InChI is InChI=1S/C21H34O16/c1-2-3-32-20-17(31)18(37-21-16(30)14(28)11(25)8(5-23)35-21)12(26)9(36-20)6-33-19-15(29)13(27)10(24)7(4-22)34-19/h1,7-31H,3-6H2/t7-,8-,9-,10-,11-,12-,13+,14+,15+,16+,17+,18+,19+,20+,21-/m1/s1. The molecule has 16 nitrogen and oxygen atoms in total. The summed E-state index contributed by atoms with van der Waals surface area (Å²) >= 11 is 0. The molecule has 37 heavy (non-hydrogen) atoms. The summed E-state index contributed by atoms with van der Waals surface area (Å²) in [4.78, 5) is 0. The van der Waals surface area contributed by atoms with E-state index in [0.29, 0.717) is 0 Å². The molecule has 10 N–H and O–H groups in total. The maximum Gasteiger partial charge on any atom is 0.187 e. The van der Waals surface area contributed by atoms with Gasteiger partial charge in [0.05, 0.1) is 19.8 Å². The lowest BCUT2D eigenvalue weighted by Crippen LogP contribution is -2.65. The van der Waals surface area contributed by atoms with Crippen LogP contribution < -0.4 is 0 Å². The lowest BCUT2D eigenvalue weighted by Gasteiger charge is -2.46. The molecule has 0 bridgehead atoms. The molecule has 16 heteroatoms. The maximum atomic E-state index is 10.9. The van der Waals surface area contributed by atoms with E-state index in [1.165, 1.54) is 0 Å². The molecule has 0 amide bonds. The Morgan fingerprint density at radius 2 is 1.05 bits per heavy atom. The minimum Gasteiger partial charge on any atom is -0.394 e. The fraction of sp³-hybridized carbons (Fsp3) is 0.905. The third-order valence-electron chi connectivity index (χ3n) is 6.39. The van der Waals surface area contributed by atoms with E-state index in [0.717, 1.165) is 0 Å². The lowest BCUT2D eigenvalue weighted by molar-refractivity contribution is -0.365. The van der Waals surface area contributed by atoms with Crippen LogP contribution in [0.15, 0.2) is 0 Å². The quantitative estimate of drug-likeness (QED) is 0.121. The molecule has 0 aromatic rings. The average Bonchev–Trinajstić information content (AvgIpc) is 2.89. The van der Waals surface area contributed by atoms with Crippen LogP contribution in [0.2, 0.25) is 0 Å². The molecular formula is C21H34O16. The van der Waals surface area contributed by atoms with Gasteiger partial charge in [0.25, 0.3) is 0 Å². The highest BCUT2D eigenvalue weighted by Crippen LogP contribution is 2.30. The van der Waals surface area contributed by atoms with Crippen molar-refractivity contribution in [2.24, 2.45) is 0 Å². The van der Waals surface area contributed by atoms with Gasteiger partial charge in [0.1, 0.15) is 79.9 Å². The molecule has 214 valence electrons. The molecule has 15 atom stereocenters. The van der Waals surface area contributed by atoms with Crippen LogP contribution in [0.25, 0.3) is 0 Å². The van der Waals surface area contributed by atoms with E-state index in [4.69, 9.17) is 34.8 Å². The highest BCUT2D eigenvalue weighted by molar-refractivity contribution is 4.95. The van der Waals surface area contributed by atoms with Gasteiger partial charge < -0.3 is 79.5 Å². The zero-order chi connectivity index (χ0) is 27.4. The van der Waals surface area contributed by atoms with Gasteiger partial charge in [-0.2, -0.15) is 0 Å². The van der Waals surface area contributed by atoms with Gasteiger partial charge in [0.15, 0.2) is 18.9 Å². The number of terminal acetylenes is 1. The summed E-state index contributed by atoms with van der Waals surface area (Å²) in [7, 11) is 0. The molecule has 0 aromatic carbocycles. The monoisotopic (exact) mass is 542 g/mol. The van der Waals surface area contributed by atoms with Crippen molar-refractivity contribution in [3.63, 3.8) is 0 Å². The zero-order valence-electron chi connectivity index (χ0n) is 19.5. The summed E-state index contributed by atoms with van der Waals surface area (Å²) in [5.41, 5.74) is 0. The lowest BCUT2D eigenvalue weighted by atomic mass is 9.96. The molecule has 3 saturated heterocycles. The SMILES string of the molecule is C#CCO[C@H]1O[C@H](CO[C@H]2O[C@H](CO)[C@@H](O)[C@H](O)[C@@H]2O)[C@@H](O)[C@H](O[C@H]2O[C@H](CO)[C@@H](O)[C@H](O)[C@@H]2O)[C@@H]1O. The van der Waals surface area contributed by atoms with Crippen LogP contribution in [0.4, 0.5) is 0 Å². The Hall–Kier alpha value is -1.08. The summed E-state index contributed by atoms with van der Waals surface area (Å²) in [5, 5.41) is 100.